The van der Waals surface area contributed by atoms with E-state index in [0.717, 1.165) is 31.2 Å². The lowest BCUT2D eigenvalue weighted by molar-refractivity contribution is -0.142. The Morgan fingerprint density at radius 2 is 1.89 bits per heavy atom. The van der Waals surface area contributed by atoms with Crippen LogP contribution in [0.5, 0.6) is 5.75 Å². The number of halogens is 3. The van der Waals surface area contributed by atoms with E-state index in [1.54, 1.807) is 18.2 Å². The number of carbonyl (C=O) groups excluding carboxylic acids is 2. The summed E-state index contributed by atoms with van der Waals surface area (Å²) >= 11 is 12.9. The predicted octanol–water partition coefficient (Wildman–Crippen LogP) is 6.89. The molecule has 1 heterocycles. The first kappa shape index (κ1) is 28.0. The molecule has 0 unspecified atom stereocenters. The van der Waals surface area contributed by atoms with Crippen LogP contribution >= 0.6 is 61.5 Å². The number of anilines is 2. The first-order valence-electron chi connectivity index (χ1n) is 10.9. The second-order valence-electron chi connectivity index (χ2n) is 7.62. The molecule has 4 rings (SSSR count). The predicted molar refractivity (Wildman–Crippen MR) is 162 cm³/mol. The number of amides is 1. The van der Waals surface area contributed by atoms with Crippen LogP contribution in [0.4, 0.5) is 10.8 Å². The van der Waals surface area contributed by atoms with Crippen molar-refractivity contribution in [2.24, 2.45) is 5.10 Å². The number of benzene rings is 3. The van der Waals surface area contributed by atoms with Gasteiger partial charge in [-0.15, -0.1) is 11.3 Å². The zero-order valence-electron chi connectivity index (χ0n) is 19.7. The van der Waals surface area contributed by atoms with Gasteiger partial charge in [0.25, 0.3) is 5.91 Å². The van der Waals surface area contributed by atoms with E-state index >= 15 is 0 Å². The molecule has 0 spiro atoms. The van der Waals surface area contributed by atoms with E-state index in [1.165, 1.54) is 24.7 Å². The molecule has 1 aromatic heterocycles. The van der Waals surface area contributed by atoms with Gasteiger partial charge in [-0.05, 0) is 92.6 Å². The maximum absolute atomic E-state index is 12.5. The monoisotopic (exact) mass is 724 g/mol. The highest BCUT2D eigenvalue weighted by atomic mass is 127. The standard InChI is InChI=1S/C26H19BrClIN4O4S/c1-36-23(34)13-37-24-20(27)10-15(11-21(24)29)12-30-33-25(35)17-4-2-16(3-5-17)22-14-38-26(32-22)31-19-8-6-18(28)7-9-19/h2-12,14H,13H2,1H3,(H,31,32)(H,33,35)/b30-12-. The second kappa shape index (κ2) is 13.2. The van der Waals surface area contributed by atoms with Crippen molar-refractivity contribution in [3.63, 3.8) is 0 Å². The molecular formula is C26H19BrClIN4O4S. The summed E-state index contributed by atoms with van der Waals surface area (Å²) in [5.74, 6) is -0.301. The summed E-state index contributed by atoms with van der Waals surface area (Å²) in [5.41, 5.74) is 6.31. The van der Waals surface area contributed by atoms with Crippen molar-refractivity contribution >= 4 is 90.4 Å². The van der Waals surface area contributed by atoms with Crippen LogP contribution in [0.15, 0.2) is 75.6 Å². The number of carbonyl (C=O) groups is 2. The fourth-order valence-electron chi connectivity index (χ4n) is 3.12. The Kier molecular flexibility index (Phi) is 9.72. The van der Waals surface area contributed by atoms with Gasteiger partial charge in [0.05, 0.1) is 27.1 Å². The summed E-state index contributed by atoms with van der Waals surface area (Å²) in [4.78, 5) is 28.5. The van der Waals surface area contributed by atoms with Crippen molar-refractivity contribution in [2.45, 2.75) is 0 Å². The number of nitrogens with one attached hydrogen (secondary N) is 2. The van der Waals surface area contributed by atoms with Gasteiger partial charge in [-0.25, -0.2) is 15.2 Å². The number of methoxy groups -OCH3 is 1. The molecule has 0 saturated heterocycles. The van der Waals surface area contributed by atoms with Crippen LogP contribution in [0.3, 0.4) is 0 Å². The Balaban J connectivity index is 1.34. The number of esters is 1. The third kappa shape index (κ3) is 7.53. The second-order valence-corrected chi connectivity index (χ2v) is 10.9. The lowest BCUT2D eigenvalue weighted by Crippen LogP contribution is -2.17. The van der Waals surface area contributed by atoms with Crippen LogP contribution < -0.4 is 15.5 Å². The van der Waals surface area contributed by atoms with Gasteiger partial charge in [0, 0.05) is 27.2 Å². The highest BCUT2D eigenvalue weighted by Gasteiger charge is 2.12. The maximum atomic E-state index is 12.5. The summed E-state index contributed by atoms with van der Waals surface area (Å²) in [6, 6.07) is 18.1. The summed E-state index contributed by atoms with van der Waals surface area (Å²) in [7, 11) is 1.30. The van der Waals surface area contributed by atoms with Crippen LogP contribution in [-0.2, 0) is 9.53 Å². The lowest BCUT2D eigenvalue weighted by Gasteiger charge is -2.10. The fraction of sp³-hybridized carbons (Fsp3) is 0.0769. The van der Waals surface area contributed by atoms with Crippen molar-refractivity contribution in [1.82, 2.24) is 10.4 Å². The zero-order valence-corrected chi connectivity index (χ0v) is 25.0. The zero-order chi connectivity index (χ0) is 27.1. The highest BCUT2D eigenvalue weighted by molar-refractivity contribution is 14.1. The molecule has 3 aromatic carbocycles. The van der Waals surface area contributed by atoms with E-state index in [4.69, 9.17) is 16.3 Å². The maximum Gasteiger partial charge on any atom is 0.343 e. The van der Waals surface area contributed by atoms with E-state index in [0.29, 0.717) is 20.8 Å². The van der Waals surface area contributed by atoms with Gasteiger partial charge in [-0.2, -0.15) is 5.10 Å². The molecule has 2 N–H and O–H groups in total. The average Bonchev–Trinajstić information content (AvgIpc) is 3.38. The molecule has 0 radical (unpaired) electrons. The molecule has 4 aromatic rings. The molecule has 0 aliphatic heterocycles. The number of thiazole rings is 1. The average molecular weight is 726 g/mol. The van der Waals surface area contributed by atoms with E-state index in [-0.39, 0.29) is 12.5 Å². The van der Waals surface area contributed by atoms with Gasteiger partial charge < -0.3 is 14.8 Å². The van der Waals surface area contributed by atoms with E-state index in [2.05, 4.69) is 64.1 Å². The molecule has 0 atom stereocenters. The van der Waals surface area contributed by atoms with Gasteiger partial charge in [0.2, 0.25) is 0 Å². The number of hydrogen-bond acceptors (Lipinski definition) is 8. The summed E-state index contributed by atoms with van der Waals surface area (Å²) < 4.78 is 11.5. The first-order valence-corrected chi connectivity index (χ1v) is 14.1. The van der Waals surface area contributed by atoms with Crippen LogP contribution in [0.1, 0.15) is 15.9 Å². The number of nitrogens with zero attached hydrogens (tertiary/aromatic N) is 2. The van der Waals surface area contributed by atoms with Crippen molar-refractivity contribution in [3.8, 4) is 17.0 Å². The SMILES string of the molecule is COC(=O)COc1c(Br)cc(/C=N\NC(=O)c2ccc(-c3csc(Nc4ccc(Cl)cc4)n3)cc2)cc1I. The number of ether oxygens (including phenoxy) is 2. The van der Waals surface area contributed by atoms with Crippen molar-refractivity contribution < 1.29 is 19.1 Å². The number of rotatable bonds is 9. The fourth-order valence-corrected chi connectivity index (χ4v) is 5.76. The first-order chi connectivity index (χ1) is 18.3. The van der Waals surface area contributed by atoms with Crippen LogP contribution in [0.2, 0.25) is 5.02 Å². The Hall–Kier alpha value is -3.00. The summed E-state index contributed by atoms with van der Waals surface area (Å²) in [6.45, 7) is -0.197. The van der Waals surface area contributed by atoms with Crippen molar-refractivity contribution in [1.29, 1.82) is 0 Å². The minimum Gasteiger partial charge on any atom is -0.480 e. The Labute approximate surface area is 249 Å². The molecule has 38 heavy (non-hydrogen) atoms. The molecule has 0 aliphatic rings. The lowest BCUT2D eigenvalue weighted by atomic mass is 10.1. The quantitative estimate of drug-likeness (QED) is 0.0844. The third-order valence-corrected chi connectivity index (χ3v) is 7.40. The van der Waals surface area contributed by atoms with Crippen molar-refractivity contribution in [3.05, 3.63) is 90.2 Å². The summed E-state index contributed by atoms with van der Waals surface area (Å²) in [5, 5.41) is 10.7. The van der Waals surface area contributed by atoms with E-state index < -0.39 is 5.97 Å². The number of aromatic nitrogens is 1. The molecular weight excluding hydrogens is 707 g/mol. The minimum atomic E-state index is -0.475. The van der Waals surface area contributed by atoms with E-state index in [1.807, 2.05) is 47.8 Å². The molecule has 0 aliphatic carbocycles. The molecule has 12 heteroatoms. The van der Waals surface area contributed by atoms with E-state index in [9.17, 15) is 9.59 Å². The smallest absolute Gasteiger partial charge is 0.343 e. The molecule has 1 amide bonds. The van der Waals surface area contributed by atoms with Gasteiger partial charge in [0.1, 0.15) is 5.75 Å². The Morgan fingerprint density at radius 3 is 2.58 bits per heavy atom. The van der Waals surface area contributed by atoms with Gasteiger partial charge in [-0.1, -0.05) is 23.7 Å². The molecule has 194 valence electrons. The number of hydrazone groups is 1. The topological polar surface area (TPSA) is 102 Å². The normalized spacial score (nSPS) is 10.8. The minimum absolute atomic E-state index is 0.197. The molecule has 8 nitrogen and oxygen atoms in total. The van der Waals surface area contributed by atoms with Crippen LogP contribution in [-0.4, -0.2) is 36.8 Å². The summed E-state index contributed by atoms with van der Waals surface area (Å²) in [6.07, 6.45) is 1.52. The Bertz CT molecular complexity index is 1460. The largest absolute Gasteiger partial charge is 0.480 e. The van der Waals surface area contributed by atoms with Crippen LogP contribution in [0, 0.1) is 3.57 Å². The molecule has 0 saturated carbocycles. The highest BCUT2D eigenvalue weighted by Crippen LogP contribution is 2.32. The van der Waals surface area contributed by atoms with Gasteiger partial charge >= 0.3 is 5.97 Å². The third-order valence-electron chi connectivity index (χ3n) is 5.00. The van der Waals surface area contributed by atoms with Gasteiger partial charge in [0.15, 0.2) is 11.7 Å². The van der Waals surface area contributed by atoms with Crippen molar-refractivity contribution in [2.75, 3.05) is 19.0 Å². The number of hydrogen-bond donors (Lipinski definition) is 2. The molecule has 0 fully saturated rings. The van der Waals surface area contributed by atoms with Crippen LogP contribution in [0.25, 0.3) is 11.3 Å². The molecule has 0 bridgehead atoms. The Morgan fingerprint density at radius 1 is 1.16 bits per heavy atom. The van der Waals surface area contributed by atoms with Gasteiger partial charge in [-0.3, -0.25) is 4.79 Å².